The predicted molar refractivity (Wildman–Crippen MR) is 90.6 cm³/mol. The van der Waals surface area contributed by atoms with Gasteiger partial charge in [0.25, 0.3) is 0 Å². The van der Waals surface area contributed by atoms with Crippen LogP contribution in [0.3, 0.4) is 0 Å². The zero-order valence-electron chi connectivity index (χ0n) is 14.3. The predicted octanol–water partition coefficient (Wildman–Crippen LogP) is 2.32. The normalized spacial score (nSPS) is 18.0. The lowest BCUT2D eigenvalue weighted by atomic mass is 9.86. The lowest BCUT2D eigenvalue weighted by Gasteiger charge is -2.41. The zero-order chi connectivity index (χ0) is 18.8. The molecule has 1 amide bonds. The summed E-state index contributed by atoms with van der Waals surface area (Å²) in [6.45, 7) is 2.58. The fourth-order valence-electron chi connectivity index (χ4n) is 3.22. The fourth-order valence-corrected chi connectivity index (χ4v) is 4.04. The highest BCUT2D eigenvalue weighted by molar-refractivity contribution is 7.09. The van der Waals surface area contributed by atoms with Gasteiger partial charge >= 0.3 is 6.18 Å². The van der Waals surface area contributed by atoms with Crippen molar-refractivity contribution < 1.29 is 18.0 Å². The van der Waals surface area contributed by atoms with Gasteiger partial charge in [-0.15, -0.1) is 11.3 Å². The summed E-state index contributed by atoms with van der Waals surface area (Å²) in [4.78, 5) is 24.2. The molecule has 0 radical (unpaired) electrons. The molecule has 1 saturated heterocycles. The van der Waals surface area contributed by atoms with Crippen molar-refractivity contribution in [3.05, 3.63) is 34.8 Å². The minimum Gasteiger partial charge on any atom is -0.345 e. The number of carbonyl (C=O) groups is 1. The first-order chi connectivity index (χ1) is 12.3. The Morgan fingerprint density at radius 2 is 2.12 bits per heavy atom. The highest BCUT2D eigenvalue weighted by Crippen LogP contribution is 2.32. The van der Waals surface area contributed by atoms with E-state index in [0.717, 1.165) is 12.2 Å². The van der Waals surface area contributed by atoms with Gasteiger partial charge < -0.3 is 9.88 Å². The lowest BCUT2D eigenvalue weighted by Crippen LogP contribution is -2.55. The van der Waals surface area contributed by atoms with Crippen LogP contribution in [0.2, 0.25) is 0 Å². The molecule has 0 unspecified atom stereocenters. The van der Waals surface area contributed by atoms with Crippen molar-refractivity contribution in [2.75, 3.05) is 19.6 Å². The van der Waals surface area contributed by atoms with Crippen molar-refractivity contribution in [2.24, 2.45) is 0 Å². The molecule has 3 rings (SSSR count). The number of thiazole rings is 1. The number of halogens is 3. The van der Waals surface area contributed by atoms with Crippen LogP contribution in [0.5, 0.6) is 0 Å². The first-order valence-electron chi connectivity index (χ1n) is 8.25. The fraction of sp³-hybridized carbons (Fsp3) is 0.562. The van der Waals surface area contributed by atoms with Crippen LogP contribution in [-0.4, -0.2) is 51.2 Å². The average molecular weight is 387 g/mol. The molecule has 6 nitrogen and oxygen atoms in total. The number of piperidine rings is 1. The number of imidazole rings is 1. The van der Waals surface area contributed by atoms with Gasteiger partial charge in [0, 0.05) is 36.9 Å². The van der Waals surface area contributed by atoms with E-state index in [9.17, 15) is 18.0 Å². The molecule has 26 heavy (non-hydrogen) atoms. The first kappa shape index (κ1) is 18.8. The molecular formula is C16H20F3N5OS. The Morgan fingerprint density at radius 1 is 1.38 bits per heavy atom. The molecule has 1 aliphatic heterocycles. The van der Waals surface area contributed by atoms with Crippen molar-refractivity contribution in [3.8, 4) is 0 Å². The first-order valence-corrected chi connectivity index (χ1v) is 9.13. The minimum atomic E-state index is -4.43. The molecule has 0 spiro atoms. The van der Waals surface area contributed by atoms with Crippen LogP contribution in [0, 0.1) is 6.92 Å². The number of likely N-dealkylation sites (tertiary alicyclic amines) is 1. The largest absolute Gasteiger partial charge is 0.405 e. The monoisotopic (exact) mass is 387 g/mol. The Balaban J connectivity index is 1.71. The van der Waals surface area contributed by atoms with E-state index in [-0.39, 0.29) is 0 Å². The van der Waals surface area contributed by atoms with E-state index in [0.29, 0.717) is 25.9 Å². The Kier molecular flexibility index (Phi) is 5.33. The summed E-state index contributed by atoms with van der Waals surface area (Å²) < 4.78 is 39.2. The summed E-state index contributed by atoms with van der Waals surface area (Å²) in [6, 6.07) is 0. The van der Waals surface area contributed by atoms with Crippen LogP contribution in [0.15, 0.2) is 24.2 Å². The third kappa shape index (κ3) is 4.07. The molecule has 2 aromatic heterocycles. The Bertz CT molecular complexity index is 735. The van der Waals surface area contributed by atoms with Crippen LogP contribution in [0.4, 0.5) is 13.2 Å². The van der Waals surface area contributed by atoms with Gasteiger partial charge in [-0.3, -0.25) is 9.69 Å². The van der Waals surface area contributed by atoms with Crippen molar-refractivity contribution >= 4 is 17.2 Å². The molecule has 142 valence electrons. The highest BCUT2D eigenvalue weighted by Gasteiger charge is 2.44. The lowest BCUT2D eigenvalue weighted by molar-refractivity contribution is -0.145. The van der Waals surface area contributed by atoms with E-state index in [2.05, 4.69) is 20.2 Å². The molecule has 1 aliphatic rings. The van der Waals surface area contributed by atoms with Crippen LogP contribution in [0.25, 0.3) is 0 Å². The number of aryl methyl sites for hydroxylation is 1. The molecule has 0 aromatic carbocycles. The van der Waals surface area contributed by atoms with E-state index in [1.165, 1.54) is 17.4 Å². The van der Waals surface area contributed by atoms with Crippen LogP contribution in [0.1, 0.15) is 23.4 Å². The molecule has 0 bridgehead atoms. The summed E-state index contributed by atoms with van der Waals surface area (Å²) in [7, 11) is 0. The number of hydrogen-bond donors (Lipinski definition) is 1. The van der Waals surface area contributed by atoms with E-state index >= 15 is 0 Å². The van der Waals surface area contributed by atoms with Gasteiger partial charge in [-0.2, -0.15) is 13.2 Å². The number of alkyl halides is 3. The summed E-state index contributed by atoms with van der Waals surface area (Å²) in [5, 5.41) is 2.05. The van der Waals surface area contributed by atoms with Crippen LogP contribution in [-0.2, 0) is 16.9 Å². The van der Waals surface area contributed by atoms with E-state index in [1.807, 2.05) is 6.92 Å². The maximum absolute atomic E-state index is 12.7. The summed E-state index contributed by atoms with van der Waals surface area (Å²) >= 11 is 1.59. The van der Waals surface area contributed by atoms with Crippen molar-refractivity contribution in [1.82, 2.24) is 24.8 Å². The summed E-state index contributed by atoms with van der Waals surface area (Å²) in [6.07, 6.45) is 1.07. The molecular weight excluding hydrogens is 367 g/mol. The van der Waals surface area contributed by atoms with E-state index < -0.39 is 24.2 Å². The average Bonchev–Trinajstić information content (AvgIpc) is 3.26. The molecule has 1 N–H and O–H groups in total. The number of aromatic nitrogens is 3. The van der Waals surface area contributed by atoms with Gasteiger partial charge in [0.15, 0.2) is 0 Å². The number of hydrogen-bond acceptors (Lipinski definition) is 5. The molecule has 1 fully saturated rings. The van der Waals surface area contributed by atoms with Gasteiger partial charge in [0.2, 0.25) is 5.91 Å². The number of amides is 1. The van der Waals surface area contributed by atoms with E-state index in [1.54, 1.807) is 27.6 Å². The highest BCUT2D eigenvalue weighted by atomic mass is 32.1. The van der Waals surface area contributed by atoms with Crippen molar-refractivity contribution in [3.63, 3.8) is 0 Å². The Morgan fingerprint density at radius 3 is 2.65 bits per heavy atom. The van der Waals surface area contributed by atoms with Crippen LogP contribution >= 0.6 is 11.3 Å². The maximum Gasteiger partial charge on any atom is 0.405 e. The van der Waals surface area contributed by atoms with E-state index in [4.69, 9.17) is 0 Å². The summed E-state index contributed by atoms with van der Waals surface area (Å²) in [5.41, 5.74) is 1.75. The van der Waals surface area contributed by atoms with Gasteiger partial charge in [0.1, 0.15) is 12.1 Å². The topological polar surface area (TPSA) is 63.1 Å². The molecule has 3 heterocycles. The second kappa shape index (κ2) is 7.36. The second-order valence-electron chi connectivity index (χ2n) is 6.44. The zero-order valence-corrected chi connectivity index (χ0v) is 15.1. The SMILES string of the molecule is Cc1ncsc1CN1CCC(C(=O)NCC(F)(F)F)(n2ccnc2)CC1. The second-order valence-corrected chi connectivity index (χ2v) is 7.38. The van der Waals surface area contributed by atoms with Gasteiger partial charge in [-0.05, 0) is 19.8 Å². The number of rotatable bonds is 5. The summed E-state index contributed by atoms with van der Waals surface area (Å²) in [5.74, 6) is -0.610. The molecule has 0 atom stereocenters. The Hall–Kier alpha value is -1.94. The third-order valence-electron chi connectivity index (χ3n) is 4.77. The smallest absolute Gasteiger partial charge is 0.345 e. The number of nitrogens with one attached hydrogen (secondary N) is 1. The Labute approximate surface area is 153 Å². The van der Waals surface area contributed by atoms with Gasteiger partial charge in [0.05, 0.1) is 17.5 Å². The molecule has 0 aliphatic carbocycles. The van der Waals surface area contributed by atoms with Gasteiger partial charge in [-0.1, -0.05) is 0 Å². The molecule has 0 saturated carbocycles. The number of carbonyl (C=O) groups excluding carboxylic acids is 1. The molecule has 10 heteroatoms. The minimum absolute atomic E-state index is 0.422. The van der Waals surface area contributed by atoms with Crippen LogP contribution < -0.4 is 5.32 Å². The quantitative estimate of drug-likeness (QED) is 0.855. The maximum atomic E-state index is 12.7. The van der Waals surface area contributed by atoms with Crippen molar-refractivity contribution in [1.29, 1.82) is 0 Å². The van der Waals surface area contributed by atoms with Crippen molar-refractivity contribution in [2.45, 2.75) is 38.0 Å². The number of nitrogens with zero attached hydrogens (tertiary/aromatic N) is 4. The third-order valence-corrected chi connectivity index (χ3v) is 5.69. The van der Waals surface area contributed by atoms with Gasteiger partial charge in [-0.25, -0.2) is 9.97 Å². The standard InChI is InChI=1S/C16H20F3N5OS/c1-12-13(26-11-22-12)8-23-5-2-15(3-6-23,24-7-4-20-10-24)14(25)21-9-16(17,18)19/h4,7,10-11H,2-3,5-6,8-9H2,1H3,(H,21,25). The molecule has 2 aromatic rings.